The van der Waals surface area contributed by atoms with Crippen LogP contribution in [0.2, 0.25) is 0 Å². The molecule has 0 unspecified atom stereocenters. The zero-order chi connectivity index (χ0) is 17.3. The molecule has 1 aromatic heterocycles. The van der Waals surface area contributed by atoms with Crippen LogP contribution < -0.4 is 4.74 Å². The van der Waals surface area contributed by atoms with E-state index in [1.807, 2.05) is 0 Å². The highest BCUT2D eigenvalue weighted by Gasteiger charge is 2.36. The lowest BCUT2D eigenvalue weighted by atomic mass is 10.0. The molecule has 0 saturated carbocycles. The number of methoxy groups -OCH3 is 1. The maximum absolute atomic E-state index is 13.1. The molecule has 0 spiro atoms. The maximum Gasteiger partial charge on any atom is 0.254 e. The van der Waals surface area contributed by atoms with Gasteiger partial charge in [-0.15, -0.1) is 0 Å². The summed E-state index contributed by atoms with van der Waals surface area (Å²) in [4.78, 5) is 18.7. The van der Waals surface area contributed by atoms with Crippen LogP contribution in [0.25, 0.3) is 0 Å². The van der Waals surface area contributed by atoms with Gasteiger partial charge in [0.15, 0.2) is 0 Å². The van der Waals surface area contributed by atoms with Gasteiger partial charge in [-0.05, 0) is 37.1 Å². The summed E-state index contributed by atoms with van der Waals surface area (Å²) in [5.74, 6) is -0.161. The van der Waals surface area contributed by atoms with Gasteiger partial charge in [0.05, 0.1) is 19.3 Å². The van der Waals surface area contributed by atoms with Crippen molar-refractivity contribution in [2.75, 3.05) is 13.7 Å². The molecular formula is C18H19FN2O3. The van der Waals surface area contributed by atoms with Crippen LogP contribution in [-0.2, 0) is 0 Å². The van der Waals surface area contributed by atoms with E-state index in [1.165, 1.54) is 19.2 Å². The molecule has 6 heteroatoms. The SMILES string of the molecule is COc1cc(C(=O)N2C[C@@H](O)C[C@H]2c2ccc(F)cc2)cc(C)n1. The molecule has 0 bridgehead atoms. The molecule has 1 amide bonds. The molecule has 2 heterocycles. The molecule has 1 aliphatic rings. The standard InChI is InChI=1S/C18H19FN2O3/c1-11-7-13(8-17(20-11)24-2)18(23)21-10-15(22)9-16(21)12-3-5-14(19)6-4-12/h3-8,15-16,22H,9-10H2,1-2H3/t15-,16-/m0/s1. The summed E-state index contributed by atoms with van der Waals surface area (Å²) >= 11 is 0. The molecule has 1 aliphatic heterocycles. The van der Waals surface area contributed by atoms with E-state index < -0.39 is 6.10 Å². The van der Waals surface area contributed by atoms with Gasteiger partial charge in [-0.2, -0.15) is 0 Å². The van der Waals surface area contributed by atoms with Gasteiger partial charge in [0.1, 0.15) is 5.82 Å². The van der Waals surface area contributed by atoms with Crippen LogP contribution >= 0.6 is 0 Å². The third kappa shape index (κ3) is 3.23. The van der Waals surface area contributed by atoms with E-state index in [4.69, 9.17) is 4.74 Å². The van der Waals surface area contributed by atoms with E-state index in [-0.39, 0.29) is 24.3 Å². The monoisotopic (exact) mass is 330 g/mol. The first kappa shape index (κ1) is 16.4. The number of halogens is 1. The number of amides is 1. The minimum Gasteiger partial charge on any atom is -0.481 e. The number of aryl methyl sites for hydroxylation is 1. The van der Waals surface area contributed by atoms with Crippen molar-refractivity contribution in [3.05, 3.63) is 59.0 Å². The third-order valence-electron chi connectivity index (χ3n) is 4.18. The second-order valence-corrected chi connectivity index (χ2v) is 5.95. The van der Waals surface area contributed by atoms with E-state index >= 15 is 0 Å². The minimum absolute atomic E-state index is 0.204. The van der Waals surface area contributed by atoms with Gasteiger partial charge < -0.3 is 14.7 Å². The van der Waals surface area contributed by atoms with E-state index in [0.717, 1.165) is 5.56 Å². The molecule has 2 aromatic rings. The Morgan fingerprint density at radius 1 is 1.33 bits per heavy atom. The zero-order valence-electron chi connectivity index (χ0n) is 13.6. The summed E-state index contributed by atoms with van der Waals surface area (Å²) in [5.41, 5.74) is 1.94. The summed E-state index contributed by atoms with van der Waals surface area (Å²) in [7, 11) is 1.50. The predicted octanol–water partition coefficient (Wildman–Crippen LogP) is 2.49. The number of hydrogen-bond acceptors (Lipinski definition) is 4. The smallest absolute Gasteiger partial charge is 0.254 e. The Morgan fingerprint density at radius 2 is 2.04 bits per heavy atom. The molecule has 24 heavy (non-hydrogen) atoms. The zero-order valence-corrected chi connectivity index (χ0v) is 13.6. The van der Waals surface area contributed by atoms with Gasteiger partial charge in [0, 0.05) is 23.9 Å². The number of carbonyl (C=O) groups excluding carboxylic acids is 1. The highest BCUT2D eigenvalue weighted by Crippen LogP contribution is 2.33. The van der Waals surface area contributed by atoms with Crippen LogP contribution in [0.1, 0.15) is 34.1 Å². The largest absolute Gasteiger partial charge is 0.481 e. The van der Waals surface area contributed by atoms with Crippen molar-refractivity contribution in [1.29, 1.82) is 0 Å². The Labute approximate surface area is 139 Å². The van der Waals surface area contributed by atoms with E-state index in [2.05, 4.69) is 4.98 Å². The van der Waals surface area contributed by atoms with Gasteiger partial charge in [0.25, 0.3) is 5.91 Å². The average Bonchev–Trinajstić information content (AvgIpc) is 2.96. The van der Waals surface area contributed by atoms with Gasteiger partial charge in [-0.1, -0.05) is 12.1 Å². The molecule has 1 saturated heterocycles. The molecule has 1 aromatic carbocycles. The molecule has 3 rings (SSSR count). The van der Waals surface area contributed by atoms with Crippen LogP contribution in [0.5, 0.6) is 5.88 Å². The van der Waals surface area contributed by atoms with Crippen LogP contribution in [0, 0.1) is 12.7 Å². The second-order valence-electron chi connectivity index (χ2n) is 5.95. The first-order valence-electron chi connectivity index (χ1n) is 7.75. The summed E-state index contributed by atoms with van der Waals surface area (Å²) in [6.07, 6.45) is -0.174. The number of benzene rings is 1. The minimum atomic E-state index is -0.603. The first-order valence-corrected chi connectivity index (χ1v) is 7.75. The quantitative estimate of drug-likeness (QED) is 0.939. The number of β-amino-alcohol motifs (C(OH)–C–C–N with tert-alkyl or cyclic N) is 1. The van der Waals surface area contributed by atoms with Crippen LogP contribution in [0.3, 0.4) is 0 Å². The van der Waals surface area contributed by atoms with Crippen LogP contribution in [0.4, 0.5) is 4.39 Å². The maximum atomic E-state index is 13.1. The highest BCUT2D eigenvalue weighted by atomic mass is 19.1. The van der Waals surface area contributed by atoms with Gasteiger partial charge in [0.2, 0.25) is 5.88 Å². The van der Waals surface area contributed by atoms with Crippen molar-refractivity contribution in [2.24, 2.45) is 0 Å². The number of pyridine rings is 1. The number of aromatic nitrogens is 1. The number of aliphatic hydroxyl groups excluding tert-OH is 1. The first-order chi connectivity index (χ1) is 11.5. The predicted molar refractivity (Wildman–Crippen MR) is 86.3 cm³/mol. The number of nitrogens with zero attached hydrogens (tertiary/aromatic N) is 2. The second kappa shape index (κ2) is 6.57. The third-order valence-corrected chi connectivity index (χ3v) is 4.18. The number of likely N-dealkylation sites (tertiary alicyclic amines) is 1. The van der Waals surface area contributed by atoms with Gasteiger partial charge >= 0.3 is 0 Å². The van der Waals surface area contributed by atoms with Crippen molar-refractivity contribution >= 4 is 5.91 Å². The topological polar surface area (TPSA) is 62.7 Å². The molecule has 1 fully saturated rings. The average molecular weight is 330 g/mol. The Morgan fingerprint density at radius 3 is 2.71 bits per heavy atom. The number of ether oxygens (including phenoxy) is 1. The summed E-state index contributed by atoms with van der Waals surface area (Å²) < 4.78 is 18.3. The van der Waals surface area contributed by atoms with E-state index in [0.29, 0.717) is 23.6 Å². The van der Waals surface area contributed by atoms with Crippen molar-refractivity contribution < 1.29 is 19.0 Å². The van der Waals surface area contributed by atoms with Crippen molar-refractivity contribution in [1.82, 2.24) is 9.88 Å². The van der Waals surface area contributed by atoms with Crippen LogP contribution in [0.15, 0.2) is 36.4 Å². The molecule has 5 nitrogen and oxygen atoms in total. The Hall–Kier alpha value is -2.47. The normalized spacial score (nSPS) is 20.2. The molecule has 0 aliphatic carbocycles. The summed E-state index contributed by atoms with van der Waals surface area (Å²) in [6.45, 7) is 2.03. The number of hydrogen-bond donors (Lipinski definition) is 1. The van der Waals surface area contributed by atoms with Gasteiger partial charge in [-0.3, -0.25) is 4.79 Å². The Balaban J connectivity index is 1.92. The molecule has 2 atom stereocenters. The molecule has 126 valence electrons. The van der Waals surface area contributed by atoms with Gasteiger partial charge in [-0.25, -0.2) is 9.37 Å². The van der Waals surface area contributed by atoms with Crippen LogP contribution in [-0.4, -0.2) is 40.7 Å². The molecule has 1 N–H and O–H groups in total. The lowest BCUT2D eigenvalue weighted by Crippen LogP contribution is -2.32. The van der Waals surface area contributed by atoms with Crippen molar-refractivity contribution in [2.45, 2.75) is 25.5 Å². The molecule has 0 radical (unpaired) electrons. The lowest BCUT2D eigenvalue weighted by molar-refractivity contribution is 0.0715. The Bertz CT molecular complexity index is 748. The molecular weight excluding hydrogens is 311 g/mol. The fourth-order valence-electron chi connectivity index (χ4n) is 3.07. The summed E-state index contributed by atoms with van der Waals surface area (Å²) in [5, 5.41) is 10.0. The lowest BCUT2D eigenvalue weighted by Gasteiger charge is -2.25. The van der Waals surface area contributed by atoms with E-state index in [1.54, 1.807) is 36.1 Å². The Kier molecular flexibility index (Phi) is 4.49. The number of carbonyl (C=O) groups is 1. The van der Waals surface area contributed by atoms with Crippen molar-refractivity contribution in [3.63, 3.8) is 0 Å². The highest BCUT2D eigenvalue weighted by molar-refractivity contribution is 5.95. The van der Waals surface area contributed by atoms with E-state index in [9.17, 15) is 14.3 Å². The summed E-state index contributed by atoms with van der Waals surface area (Å²) in [6, 6.07) is 9.02. The fourth-order valence-corrected chi connectivity index (χ4v) is 3.07. The van der Waals surface area contributed by atoms with Crippen molar-refractivity contribution in [3.8, 4) is 5.88 Å². The number of rotatable bonds is 3. The number of aliphatic hydroxyl groups is 1. The fraction of sp³-hybridized carbons (Fsp3) is 0.333.